The highest BCUT2D eigenvalue weighted by atomic mass is 19.1. The summed E-state index contributed by atoms with van der Waals surface area (Å²) in [5.74, 6) is -2.26. The fraction of sp³-hybridized carbons (Fsp3) is 0.444. The minimum absolute atomic E-state index is 0.225. The molecule has 0 aromatic heterocycles. The Kier molecular flexibility index (Phi) is 4.76. The first-order chi connectivity index (χ1) is 12.3. The van der Waals surface area contributed by atoms with E-state index in [1.54, 1.807) is 0 Å². The topological polar surface area (TPSA) is 95.6 Å². The second-order valence-corrected chi connectivity index (χ2v) is 6.76. The largest absolute Gasteiger partial charge is 0.326 e. The summed E-state index contributed by atoms with van der Waals surface area (Å²) in [7, 11) is 0. The monoisotopic (exact) mass is 361 g/mol. The quantitative estimate of drug-likeness (QED) is 0.635. The Bertz CT molecular complexity index is 787. The van der Waals surface area contributed by atoms with Crippen molar-refractivity contribution in [3.05, 3.63) is 29.6 Å². The van der Waals surface area contributed by atoms with Crippen molar-refractivity contribution in [1.82, 2.24) is 10.2 Å². The highest BCUT2D eigenvalue weighted by molar-refractivity contribution is 6.11. The van der Waals surface area contributed by atoms with E-state index in [-0.39, 0.29) is 17.2 Å². The number of imide groups is 1. The highest BCUT2D eigenvalue weighted by Crippen LogP contribution is 2.33. The van der Waals surface area contributed by atoms with Gasteiger partial charge in [0.25, 0.3) is 5.91 Å². The maximum absolute atomic E-state index is 14.2. The van der Waals surface area contributed by atoms with Gasteiger partial charge in [0.2, 0.25) is 5.91 Å². The fourth-order valence-electron chi connectivity index (χ4n) is 3.57. The van der Waals surface area contributed by atoms with Crippen LogP contribution in [0.3, 0.4) is 0 Å². The number of nitrogens with zero attached hydrogens (tertiary/aromatic N) is 1. The van der Waals surface area contributed by atoms with Crippen LogP contribution in [0.5, 0.6) is 0 Å². The summed E-state index contributed by atoms with van der Waals surface area (Å²) in [4.78, 5) is 49.1. The molecule has 2 aliphatic rings. The first-order valence-corrected chi connectivity index (χ1v) is 8.57. The third-order valence-electron chi connectivity index (χ3n) is 4.84. The molecule has 1 saturated carbocycles. The van der Waals surface area contributed by atoms with Gasteiger partial charge in [0.15, 0.2) is 5.78 Å². The summed E-state index contributed by atoms with van der Waals surface area (Å²) in [6.07, 6.45) is 3.81. The van der Waals surface area contributed by atoms with Gasteiger partial charge >= 0.3 is 6.03 Å². The molecule has 1 heterocycles. The van der Waals surface area contributed by atoms with E-state index in [1.165, 1.54) is 19.1 Å². The summed E-state index contributed by atoms with van der Waals surface area (Å²) in [6.45, 7) is 0.776. The van der Waals surface area contributed by atoms with E-state index < -0.39 is 35.6 Å². The van der Waals surface area contributed by atoms with Crippen molar-refractivity contribution < 1.29 is 23.6 Å². The lowest BCUT2D eigenvalue weighted by Crippen LogP contribution is -2.48. The molecule has 4 amide bonds. The number of hydrogen-bond donors (Lipinski definition) is 2. The first kappa shape index (κ1) is 18.0. The Morgan fingerprint density at radius 3 is 2.54 bits per heavy atom. The van der Waals surface area contributed by atoms with Crippen LogP contribution in [0.15, 0.2) is 18.2 Å². The molecule has 7 nitrogen and oxygen atoms in total. The molecule has 1 aliphatic heterocycles. The average Bonchev–Trinajstić information content (AvgIpc) is 2.79. The molecule has 1 aliphatic carbocycles. The van der Waals surface area contributed by atoms with Crippen molar-refractivity contribution in [2.75, 3.05) is 11.9 Å². The predicted molar refractivity (Wildman–Crippen MR) is 91.1 cm³/mol. The molecule has 1 aromatic carbocycles. The van der Waals surface area contributed by atoms with Crippen LogP contribution in [-0.4, -0.2) is 40.6 Å². The van der Waals surface area contributed by atoms with Gasteiger partial charge in [-0.15, -0.1) is 0 Å². The molecule has 0 atom stereocenters. The van der Waals surface area contributed by atoms with Crippen molar-refractivity contribution >= 4 is 29.3 Å². The van der Waals surface area contributed by atoms with Crippen molar-refractivity contribution in [3.8, 4) is 0 Å². The zero-order valence-electron chi connectivity index (χ0n) is 14.4. The van der Waals surface area contributed by atoms with E-state index in [0.717, 1.165) is 30.2 Å². The van der Waals surface area contributed by atoms with Crippen LogP contribution >= 0.6 is 0 Å². The minimum atomic E-state index is -0.913. The van der Waals surface area contributed by atoms with Crippen molar-refractivity contribution in [1.29, 1.82) is 0 Å². The van der Waals surface area contributed by atoms with Crippen LogP contribution in [0.4, 0.5) is 14.9 Å². The van der Waals surface area contributed by atoms with Crippen molar-refractivity contribution in [3.63, 3.8) is 0 Å². The third kappa shape index (κ3) is 3.31. The number of amides is 4. The normalized spacial score (nSPS) is 18.8. The van der Waals surface area contributed by atoms with Gasteiger partial charge in [-0.3, -0.25) is 19.3 Å². The molecule has 3 rings (SSSR count). The fourth-order valence-corrected chi connectivity index (χ4v) is 3.57. The molecule has 0 radical (unpaired) electrons. The Morgan fingerprint density at radius 2 is 1.92 bits per heavy atom. The SMILES string of the molecule is CC(=O)Nc1ccc(C(=O)CN2C(=O)NC3(CCCCC3)C2=O)c(F)c1. The summed E-state index contributed by atoms with van der Waals surface area (Å²) in [6, 6.07) is 3.05. The average molecular weight is 361 g/mol. The molecule has 26 heavy (non-hydrogen) atoms. The standard InChI is InChI=1S/C18H20FN3O4/c1-11(23)20-12-5-6-13(14(19)9-12)15(24)10-22-16(25)18(21-17(22)26)7-3-2-4-8-18/h5-6,9H,2-4,7-8,10H2,1H3,(H,20,23)(H,21,26). The summed E-state index contributed by atoms with van der Waals surface area (Å²) >= 11 is 0. The number of hydrogen-bond acceptors (Lipinski definition) is 4. The van der Waals surface area contributed by atoms with E-state index >= 15 is 0 Å². The number of Topliss-reactive ketones (excluding diaryl/α,β-unsaturated/α-hetero) is 1. The number of rotatable bonds is 4. The third-order valence-corrected chi connectivity index (χ3v) is 4.84. The summed E-state index contributed by atoms with van der Waals surface area (Å²) < 4.78 is 14.2. The van der Waals surface area contributed by atoms with Gasteiger partial charge in [0.1, 0.15) is 11.4 Å². The Labute approximate surface area is 149 Å². The van der Waals surface area contributed by atoms with Crippen molar-refractivity contribution in [2.24, 2.45) is 0 Å². The number of halogens is 1. The van der Waals surface area contributed by atoms with Gasteiger partial charge in [-0.05, 0) is 31.0 Å². The van der Waals surface area contributed by atoms with E-state index in [1.807, 2.05) is 0 Å². The number of carbonyl (C=O) groups excluding carboxylic acids is 4. The van der Waals surface area contributed by atoms with Gasteiger partial charge < -0.3 is 10.6 Å². The minimum Gasteiger partial charge on any atom is -0.326 e. The Balaban J connectivity index is 1.74. The Hall–Kier alpha value is -2.77. The number of anilines is 1. The van der Waals surface area contributed by atoms with Crippen molar-refractivity contribution in [2.45, 2.75) is 44.6 Å². The smallest absolute Gasteiger partial charge is 0.325 e. The molecule has 138 valence electrons. The van der Waals surface area contributed by atoms with Crippen LogP contribution in [0, 0.1) is 5.82 Å². The van der Waals surface area contributed by atoms with Gasteiger partial charge in [0.05, 0.1) is 12.1 Å². The maximum atomic E-state index is 14.2. The number of nitrogens with one attached hydrogen (secondary N) is 2. The predicted octanol–water partition coefficient (Wildman–Crippen LogP) is 2.22. The van der Waals surface area contributed by atoms with Crippen LogP contribution in [-0.2, 0) is 9.59 Å². The first-order valence-electron chi connectivity index (χ1n) is 8.57. The second kappa shape index (κ2) is 6.86. The molecule has 8 heteroatoms. The number of urea groups is 1. The highest BCUT2D eigenvalue weighted by Gasteiger charge is 2.51. The number of benzene rings is 1. The molecular formula is C18H20FN3O4. The van der Waals surface area contributed by atoms with Gasteiger partial charge in [-0.25, -0.2) is 9.18 Å². The van der Waals surface area contributed by atoms with Crippen LogP contribution in [0.2, 0.25) is 0 Å². The lowest BCUT2D eigenvalue weighted by molar-refractivity contribution is -0.132. The van der Waals surface area contributed by atoms with Gasteiger partial charge in [-0.2, -0.15) is 0 Å². The van der Waals surface area contributed by atoms with E-state index in [9.17, 15) is 23.6 Å². The van der Waals surface area contributed by atoms with Crippen LogP contribution in [0.25, 0.3) is 0 Å². The number of carbonyl (C=O) groups is 4. The lowest BCUT2D eigenvalue weighted by Gasteiger charge is -2.30. The molecule has 1 aromatic rings. The molecule has 1 saturated heterocycles. The molecule has 2 N–H and O–H groups in total. The molecule has 0 bridgehead atoms. The molecular weight excluding hydrogens is 341 g/mol. The van der Waals surface area contributed by atoms with Gasteiger partial charge in [-0.1, -0.05) is 19.3 Å². The zero-order valence-corrected chi connectivity index (χ0v) is 14.4. The van der Waals surface area contributed by atoms with E-state index in [0.29, 0.717) is 12.8 Å². The lowest BCUT2D eigenvalue weighted by atomic mass is 9.82. The summed E-state index contributed by atoms with van der Waals surface area (Å²) in [5.41, 5.74) is -0.921. The zero-order chi connectivity index (χ0) is 18.9. The molecule has 0 unspecified atom stereocenters. The molecule has 1 spiro atoms. The van der Waals surface area contributed by atoms with Crippen LogP contribution in [0.1, 0.15) is 49.4 Å². The Morgan fingerprint density at radius 1 is 1.23 bits per heavy atom. The summed E-state index contributed by atoms with van der Waals surface area (Å²) in [5, 5.41) is 5.13. The van der Waals surface area contributed by atoms with E-state index in [2.05, 4.69) is 10.6 Å². The second-order valence-electron chi connectivity index (χ2n) is 6.76. The number of ketones is 1. The van der Waals surface area contributed by atoms with Crippen LogP contribution < -0.4 is 10.6 Å². The maximum Gasteiger partial charge on any atom is 0.325 e. The van der Waals surface area contributed by atoms with E-state index in [4.69, 9.17) is 0 Å². The molecule has 2 fully saturated rings. The van der Waals surface area contributed by atoms with Gasteiger partial charge in [0, 0.05) is 12.6 Å².